The highest BCUT2D eigenvalue weighted by Gasteiger charge is 2.32. The molecule has 1 amide bonds. The van der Waals surface area contributed by atoms with E-state index in [-0.39, 0.29) is 23.7 Å². The van der Waals surface area contributed by atoms with Crippen LogP contribution in [0.3, 0.4) is 0 Å². The number of amides is 1. The fraction of sp³-hybridized carbons (Fsp3) is 0.476. The maximum absolute atomic E-state index is 14.0. The van der Waals surface area contributed by atoms with E-state index in [1.165, 1.54) is 18.3 Å². The third-order valence-corrected chi connectivity index (χ3v) is 5.80. The molecule has 140 valence electrons. The summed E-state index contributed by atoms with van der Waals surface area (Å²) in [6.45, 7) is 3.16. The van der Waals surface area contributed by atoms with Crippen LogP contribution in [0, 0.1) is 30.0 Å². The molecule has 1 aliphatic heterocycles. The van der Waals surface area contributed by atoms with Crippen molar-refractivity contribution in [2.24, 2.45) is 5.92 Å². The van der Waals surface area contributed by atoms with Gasteiger partial charge in [0.2, 0.25) is 5.91 Å². The van der Waals surface area contributed by atoms with Crippen LogP contribution >= 0.6 is 0 Å². The van der Waals surface area contributed by atoms with Crippen molar-refractivity contribution in [3.05, 3.63) is 35.3 Å². The van der Waals surface area contributed by atoms with Gasteiger partial charge in [0.15, 0.2) is 0 Å². The molecule has 2 aromatic rings. The molecule has 1 aliphatic carbocycles. The van der Waals surface area contributed by atoms with E-state index >= 15 is 0 Å². The van der Waals surface area contributed by atoms with Crippen LogP contribution in [0.5, 0.6) is 0 Å². The predicted octanol–water partition coefficient (Wildman–Crippen LogP) is 3.76. The van der Waals surface area contributed by atoms with Crippen LogP contribution in [0.4, 0.5) is 10.1 Å². The number of pyridine rings is 1. The Morgan fingerprint density at radius 3 is 2.85 bits per heavy atom. The Morgan fingerprint density at radius 2 is 2.11 bits per heavy atom. The van der Waals surface area contributed by atoms with Gasteiger partial charge in [0.1, 0.15) is 11.9 Å². The number of carbonyl (C=O) groups excluding carboxylic acids is 1. The second-order valence-electron chi connectivity index (χ2n) is 7.67. The standard InChI is InChI=1S/C21H23FN4O/c1-13-8-16(22)9-18-19(13)24-11-15(10-23)20(18)25-17-6-7-26(12-17)21(27)14-4-2-3-5-14/h8-9,11,14,17H,2-7,12H2,1H3,(H,24,25). The molecule has 1 N–H and O–H groups in total. The van der Waals surface area contributed by atoms with Crippen molar-refractivity contribution in [3.63, 3.8) is 0 Å². The molecule has 27 heavy (non-hydrogen) atoms. The lowest BCUT2D eigenvalue weighted by molar-refractivity contribution is -0.134. The number of nitriles is 1. The summed E-state index contributed by atoms with van der Waals surface area (Å²) in [5.74, 6) is 0.0973. The fourth-order valence-corrected chi connectivity index (χ4v) is 4.39. The van der Waals surface area contributed by atoms with Gasteiger partial charge in [-0.1, -0.05) is 12.8 Å². The van der Waals surface area contributed by atoms with Gasteiger partial charge < -0.3 is 10.2 Å². The van der Waals surface area contributed by atoms with Crippen molar-refractivity contribution < 1.29 is 9.18 Å². The van der Waals surface area contributed by atoms with Gasteiger partial charge in [0, 0.05) is 36.6 Å². The third kappa shape index (κ3) is 3.34. The summed E-state index contributed by atoms with van der Waals surface area (Å²) >= 11 is 0. The van der Waals surface area contributed by atoms with E-state index in [4.69, 9.17) is 0 Å². The quantitative estimate of drug-likeness (QED) is 0.898. The summed E-state index contributed by atoms with van der Waals surface area (Å²) in [5.41, 5.74) is 2.44. The summed E-state index contributed by atoms with van der Waals surface area (Å²) in [7, 11) is 0. The van der Waals surface area contributed by atoms with Gasteiger partial charge in [-0.3, -0.25) is 9.78 Å². The minimum Gasteiger partial charge on any atom is -0.379 e. The van der Waals surface area contributed by atoms with Crippen LogP contribution < -0.4 is 5.32 Å². The fourth-order valence-electron chi connectivity index (χ4n) is 4.39. The van der Waals surface area contributed by atoms with Crippen molar-refractivity contribution in [1.82, 2.24) is 9.88 Å². The van der Waals surface area contributed by atoms with Crippen molar-refractivity contribution >= 4 is 22.5 Å². The average molecular weight is 366 g/mol. The molecule has 4 rings (SSSR count). The summed E-state index contributed by atoms with van der Waals surface area (Å²) in [5, 5.41) is 13.5. The highest BCUT2D eigenvalue weighted by molar-refractivity contribution is 5.95. The largest absolute Gasteiger partial charge is 0.379 e. The van der Waals surface area contributed by atoms with Crippen LogP contribution in [0.1, 0.15) is 43.2 Å². The van der Waals surface area contributed by atoms with E-state index in [9.17, 15) is 14.4 Å². The average Bonchev–Trinajstić information content (AvgIpc) is 3.33. The van der Waals surface area contributed by atoms with Gasteiger partial charge in [-0.15, -0.1) is 0 Å². The minimum absolute atomic E-state index is 0.0524. The SMILES string of the molecule is Cc1cc(F)cc2c(NC3CCN(C(=O)C4CCCC4)C3)c(C#N)cnc12. The molecule has 1 aromatic carbocycles. The van der Waals surface area contributed by atoms with E-state index in [1.54, 1.807) is 0 Å². The molecule has 5 nitrogen and oxygen atoms in total. The highest BCUT2D eigenvalue weighted by Crippen LogP contribution is 2.31. The Bertz CT molecular complexity index is 930. The topological polar surface area (TPSA) is 69.0 Å². The first-order valence-corrected chi connectivity index (χ1v) is 9.61. The number of carbonyl (C=O) groups is 1. The number of nitrogens with one attached hydrogen (secondary N) is 1. The third-order valence-electron chi connectivity index (χ3n) is 5.80. The molecule has 2 heterocycles. The zero-order chi connectivity index (χ0) is 19.0. The predicted molar refractivity (Wildman–Crippen MR) is 102 cm³/mol. The number of nitrogens with zero attached hydrogens (tertiary/aromatic N) is 3. The lowest BCUT2D eigenvalue weighted by Gasteiger charge is -2.21. The lowest BCUT2D eigenvalue weighted by Crippen LogP contribution is -2.35. The number of aryl methyl sites for hydroxylation is 1. The minimum atomic E-state index is -0.343. The molecule has 0 bridgehead atoms. The van der Waals surface area contributed by atoms with Crippen LogP contribution in [-0.4, -0.2) is 34.9 Å². The van der Waals surface area contributed by atoms with Gasteiger partial charge in [-0.05, 0) is 43.9 Å². The Morgan fingerprint density at radius 1 is 1.33 bits per heavy atom. The van der Waals surface area contributed by atoms with Crippen LogP contribution in [0.15, 0.2) is 18.3 Å². The van der Waals surface area contributed by atoms with E-state index in [1.807, 2.05) is 11.8 Å². The second-order valence-corrected chi connectivity index (χ2v) is 7.67. The molecule has 0 radical (unpaired) electrons. The summed E-state index contributed by atoms with van der Waals surface area (Å²) < 4.78 is 14.0. The number of halogens is 1. The van der Waals surface area contributed by atoms with Crippen molar-refractivity contribution in [3.8, 4) is 6.07 Å². The van der Waals surface area contributed by atoms with Crippen molar-refractivity contribution in [2.45, 2.75) is 45.1 Å². The number of anilines is 1. The zero-order valence-electron chi connectivity index (χ0n) is 15.5. The van der Waals surface area contributed by atoms with E-state index in [0.29, 0.717) is 28.7 Å². The highest BCUT2D eigenvalue weighted by atomic mass is 19.1. The van der Waals surface area contributed by atoms with Crippen molar-refractivity contribution in [2.75, 3.05) is 18.4 Å². The summed E-state index contributed by atoms with van der Waals surface area (Å²) in [6.07, 6.45) is 6.64. The Hall–Kier alpha value is -2.68. The number of hydrogen-bond acceptors (Lipinski definition) is 4. The normalized spacial score (nSPS) is 20.2. The van der Waals surface area contributed by atoms with E-state index in [0.717, 1.165) is 44.2 Å². The van der Waals surface area contributed by atoms with Crippen LogP contribution in [0.2, 0.25) is 0 Å². The van der Waals surface area contributed by atoms with E-state index in [2.05, 4.69) is 16.4 Å². The molecule has 2 aliphatic rings. The maximum atomic E-state index is 14.0. The first-order chi connectivity index (χ1) is 13.1. The summed E-state index contributed by atoms with van der Waals surface area (Å²) in [6, 6.07) is 5.08. The van der Waals surface area contributed by atoms with Crippen LogP contribution in [0.25, 0.3) is 10.9 Å². The number of rotatable bonds is 3. The Kier molecular flexibility index (Phi) is 4.69. The molecule has 1 saturated carbocycles. The molecule has 6 heteroatoms. The first-order valence-electron chi connectivity index (χ1n) is 9.61. The molecule has 1 atom stereocenters. The lowest BCUT2D eigenvalue weighted by atomic mass is 10.1. The Balaban J connectivity index is 1.58. The smallest absolute Gasteiger partial charge is 0.225 e. The van der Waals surface area contributed by atoms with Crippen LogP contribution in [-0.2, 0) is 4.79 Å². The van der Waals surface area contributed by atoms with Gasteiger partial charge in [0.25, 0.3) is 0 Å². The maximum Gasteiger partial charge on any atom is 0.225 e. The van der Waals surface area contributed by atoms with Gasteiger partial charge in [-0.2, -0.15) is 5.26 Å². The zero-order valence-corrected chi connectivity index (χ0v) is 15.5. The molecule has 1 unspecified atom stereocenters. The molecule has 1 saturated heterocycles. The van der Waals surface area contributed by atoms with Gasteiger partial charge in [0.05, 0.1) is 16.8 Å². The number of aromatic nitrogens is 1. The number of fused-ring (bicyclic) bond motifs is 1. The Labute approximate surface area is 158 Å². The molecular formula is C21H23FN4O. The molecular weight excluding hydrogens is 343 g/mol. The van der Waals surface area contributed by atoms with Gasteiger partial charge >= 0.3 is 0 Å². The monoisotopic (exact) mass is 366 g/mol. The molecule has 0 spiro atoms. The summed E-state index contributed by atoms with van der Waals surface area (Å²) in [4.78, 5) is 18.9. The van der Waals surface area contributed by atoms with Crippen molar-refractivity contribution in [1.29, 1.82) is 5.26 Å². The molecule has 1 aromatic heterocycles. The molecule has 2 fully saturated rings. The number of hydrogen-bond donors (Lipinski definition) is 1. The van der Waals surface area contributed by atoms with E-state index < -0.39 is 0 Å². The second kappa shape index (κ2) is 7.15. The number of likely N-dealkylation sites (tertiary alicyclic amines) is 1. The van der Waals surface area contributed by atoms with Gasteiger partial charge in [-0.25, -0.2) is 4.39 Å². The first kappa shape index (κ1) is 17.7. The number of benzene rings is 1.